The van der Waals surface area contributed by atoms with Gasteiger partial charge in [0.25, 0.3) is 0 Å². The molecule has 0 unspecified atom stereocenters. The van der Waals surface area contributed by atoms with E-state index in [-0.39, 0.29) is 12.4 Å². The summed E-state index contributed by atoms with van der Waals surface area (Å²) < 4.78 is 0. The fourth-order valence-corrected chi connectivity index (χ4v) is 1.08. The maximum absolute atomic E-state index is 4.35. The highest BCUT2D eigenvalue weighted by Gasteiger charge is 2.06. The number of nitrogens with one attached hydrogen (secondary N) is 2. The van der Waals surface area contributed by atoms with Gasteiger partial charge < -0.3 is 12.4 Å². The molecule has 0 aliphatic carbocycles. The van der Waals surface area contributed by atoms with Gasteiger partial charge in [-0.1, -0.05) is 18.8 Å². The summed E-state index contributed by atoms with van der Waals surface area (Å²) in [5, 5.41) is 3.01. The fraction of sp³-hybridized carbons (Fsp3) is 0.556. The van der Waals surface area contributed by atoms with Gasteiger partial charge in [0.1, 0.15) is 5.69 Å². The van der Waals surface area contributed by atoms with Crippen LogP contribution in [0.1, 0.15) is 25.2 Å². The monoisotopic (exact) mass is 201 g/mol. The Morgan fingerprint density at radius 2 is 2.08 bits per heavy atom. The highest BCUT2D eigenvalue weighted by molar-refractivity contribution is 5.19. The fourth-order valence-electron chi connectivity index (χ4n) is 1.08. The van der Waals surface area contributed by atoms with E-state index in [1.165, 1.54) is 5.69 Å². The predicted octanol–water partition coefficient (Wildman–Crippen LogP) is -1.93. The van der Waals surface area contributed by atoms with E-state index < -0.39 is 0 Å². The number of hydrogen-bond donors (Lipinski definition) is 1. The zero-order valence-electron chi connectivity index (χ0n) is 8.32. The summed E-state index contributed by atoms with van der Waals surface area (Å²) in [4.78, 5) is 7.55. The quantitative estimate of drug-likeness (QED) is 0.619. The van der Waals surface area contributed by atoms with Crippen molar-refractivity contribution in [2.45, 2.75) is 26.7 Å². The molecule has 0 spiro atoms. The summed E-state index contributed by atoms with van der Waals surface area (Å²) in [6.45, 7) is 4.24. The minimum atomic E-state index is 0. The lowest BCUT2D eigenvalue weighted by Gasteiger charge is -1.97. The van der Waals surface area contributed by atoms with Gasteiger partial charge >= 0.3 is 5.95 Å². The molecule has 13 heavy (non-hydrogen) atoms. The number of aromatic nitrogens is 2. The zero-order valence-corrected chi connectivity index (χ0v) is 9.07. The molecule has 0 atom stereocenters. The first-order valence-corrected chi connectivity index (χ1v) is 4.40. The van der Waals surface area contributed by atoms with Crippen molar-refractivity contribution < 1.29 is 17.4 Å². The Morgan fingerprint density at radius 1 is 1.38 bits per heavy atom. The first-order valence-electron chi connectivity index (χ1n) is 4.40. The van der Waals surface area contributed by atoms with E-state index in [4.69, 9.17) is 0 Å². The first kappa shape index (κ1) is 12.2. The summed E-state index contributed by atoms with van der Waals surface area (Å²) in [5.74, 6) is 0.853. The standard InChI is InChI=1S/C9H15N3.ClH/c1-4-7-6-8(5-2)12-9(10-3)11-7;/h6H,4-5H2,1-3H3,(H,10,11,12);1H. The Bertz CT molecular complexity index is 208. The van der Waals surface area contributed by atoms with Crippen LogP contribution in [0.15, 0.2) is 6.07 Å². The largest absolute Gasteiger partial charge is 1.00 e. The molecule has 0 fully saturated rings. The number of hydrogen-bond acceptors (Lipinski definition) is 2. The summed E-state index contributed by atoms with van der Waals surface area (Å²) in [5.41, 5.74) is 2.36. The number of rotatable bonds is 3. The number of aromatic amines is 1. The van der Waals surface area contributed by atoms with Crippen LogP contribution in [-0.2, 0) is 12.8 Å². The maximum Gasteiger partial charge on any atom is 0.389 e. The molecule has 1 aromatic rings. The third-order valence-corrected chi connectivity index (χ3v) is 1.86. The minimum absolute atomic E-state index is 0. The molecule has 0 saturated carbocycles. The van der Waals surface area contributed by atoms with Crippen molar-refractivity contribution in [3.05, 3.63) is 17.5 Å². The molecule has 0 aliphatic rings. The van der Waals surface area contributed by atoms with Crippen LogP contribution in [0.2, 0.25) is 0 Å². The van der Waals surface area contributed by atoms with Crippen LogP contribution in [0, 0.1) is 0 Å². The van der Waals surface area contributed by atoms with Gasteiger partial charge in [-0.05, 0) is 6.42 Å². The second-order valence-electron chi connectivity index (χ2n) is 2.70. The molecule has 0 amide bonds. The third-order valence-electron chi connectivity index (χ3n) is 1.86. The molecule has 1 rings (SSSR count). The first-order chi connectivity index (χ1) is 5.80. The van der Waals surface area contributed by atoms with Gasteiger partial charge in [0.05, 0.1) is 12.7 Å². The smallest absolute Gasteiger partial charge is 0.389 e. The molecule has 3 nitrogen and oxygen atoms in total. The van der Waals surface area contributed by atoms with Gasteiger partial charge in [-0.15, -0.1) is 0 Å². The van der Waals surface area contributed by atoms with E-state index in [1.54, 1.807) is 0 Å². The van der Waals surface area contributed by atoms with E-state index in [1.807, 2.05) is 7.05 Å². The highest BCUT2D eigenvalue weighted by Crippen LogP contribution is 2.01. The minimum Gasteiger partial charge on any atom is -1.00 e. The lowest BCUT2D eigenvalue weighted by molar-refractivity contribution is -0.377. The molecule has 74 valence electrons. The van der Waals surface area contributed by atoms with Crippen molar-refractivity contribution in [2.24, 2.45) is 0 Å². The van der Waals surface area contributed by atoms with Crippen molar-refractivity contribution in [2.75, 3.05) is 12.4 Å². The molecule has 0 bridgehead atoms. The van der Waals surface area contributed by atoms with Gasteiger partial charge in [0.15, 0.2) is 0 Å². The number of nitrogens with zero attached hydrogens (tertiary/aromatic N) is 1. The highest BCUT2D eigenvalue weighted by atomic mass is 35.5. The summed E-state index contributed by atoms with van der Waals surface area (Å²) in [6.07, 6.45) is 2.00. The predicted molar refractivity (Wildman–Crippen MR) is 49.1 cm³/mol. The molecule has 1 heterocycles. The van der Waals surface area contributed by atoms with E-state index in [9.17, 15) is 0 Å². The number of H-pyrrole nitrogens is 1. The molecule has 4 heteroatoms. The molecule has 2 N–H and O–H groups in total. The molecule has 0 aromatic carbocycles. The average molecular weight is 202 g/mol. The van der Waals surface area contributed by atoms with Crippen LogP contribution in [0.3, 0.4) is 0 Å². The number of aryl methyl sites for hydroxylation is 2. The molecular weight excluding hydrogens is 186 g/mol. The third kappa shape index (κ3) is 3.19. The second kappa shape index (κ2) is 5.75. The van der Waals surface area contributed by atoms with Crippen molar-refractivity contribution in [1.82, 2.24) is 4.98 Å². The molecule has 0 saturated heterocycles. The second-order valence-corrected chi connectivity index (χ2v) is 2.70. The number of anilines is 1. The van der Waals surface area contributed by atoms with Crippen LogP contribution >= 0.6 is 0 Å². The van der Waals surface area contributed by atoms with Gasteiger partial charge in [-0.3, -0.25) is 5.32 Å². The lowest BCUT2D eigenvalue weighted by atomic mass is 10.2. The molecular formula is C9H16ClN3. The van der Waals surface area contributed by atoms with E-state index in [2.05, 4.69) is 35.2 Å². The Hall–Kier alpha value is -0.830. The molecule has 0 aliphatic heterocycles. The number of halogens is 1. The van der Waals surface area contributed by atoms with Crippen LogP contribution in [0.25, 0.3) is 0 Å². The van der Waals surface area contributed by atoms with Crippen molar-refractivity contribution in [3.63, 3.8) is 0 Å². The Balaban J connectivity index is 0.00000144. The molecule has 1 aromatic heterocycles. The normalized spacial score (nSPS) is 9.15. The molecule has 0 radical (unpaired) electrons. The summed E-state index contributed by atoms with van der Waals surface area (Å²) in [6, 6.07) is 2.11. The zero-order chi connectivity index (χ0) is 8.97. The Kier molecular flexibility index (Phi) is 5.39. The van der Waals surface area contributed by atoms with E-state index >= 15 is 0 Å². The average Bonchev–Trinajstić information content (AvgIpc) is 2.16. The van der Waals surface area contributed by atoms with Crippen LogP contribution in [0.5, 0.6) is 0 Å². The van der Waals surface area contributed by atoms with Crippen LogP contribution in [0.4, 0.5) is 5.95 Å². The Labute approximate surface area is 85.4 Å². The van der Waals surface area contributed by atoms with Gasteiger partial charge in [0.2, 0.25) is 0 Å². The van der Waals surface area contributed by atoms with Gasteiger partial charge in [-0.25, -0.2) is 4.98 Å². The summed E-state index contributed by atoms with van der Waals surface area (Å²) in [7, 11) is 1.87. The Morgan fingerprint density at radius 3 is 2.54 bits per heavy atom. The maximum atomic E-state index is 4.35. The summed E-state index contributed by atoms with van der Waals surface area (Å²) >= 11 is 0. The lowest BCUT2D eigenvalue weighted by Crippen LogP contribution is -3.00. The van der Waals surface area contributed by atoms with Gasteiger partial charge in [-0.2, -0.15) is 0 Å². The van der Waals surface area contributed by atoms with Gasteiger partial charge in [0, 0.05) is 12.5 Å². The van der Waals surface area contributed by atoms with E-state index in [0.29, 0.717) is 0 Å². The van der Waals surface area contributed by atoms with Crippen molar-refractivity contribution in [1.29, 1.82) is 0 Å². The van der Waals surface area contributed by atoms with Crippen LogP contribution in [-0.4, -0.2) is 12.0 Å². The van der Waals surface area contributed by atoms with Crippen LogP contribution < -0.4 is 22.7 Å². The van der Waals surface area contributed by atoms with Crippen molar-refractivity contribution in [3.8, 4) is 0 Å². The topological polar surface area (TPSA) is 39.1 Å². The van der Waals surface area contributed by atoms with Crippen molar-refractivity contribution >= 4 is 5.95 Å². The van der Waals surface area contributed by atoms with E-state index in [0.717, 1.165) is 24.5 Å². The SMILES string of the molecule is CCc1cc(CC)[nH+]c(NC)n1.[Cl-].